The molecule has 7 nitrogen and oxygen atoms in total. The van der Waals surface area contributed by atoms with E-state index in [1.165, 1.54) is 21.3 Å². The number of carbonyl (C=O) groups excluding carboxylic acids is 2. The monoisotopic (exact) mass is 563 g/mol. The van der Waals surface area contributed by atoms with Crippen LogP contribution in [0.5, 0.6) is 0 Å². The van der Waals surface area contributed by atoms with E-state index < -0.39 is 28.5 Å². The van der Waals surface area contributed by atoms with Crippen LogP contribution in [0, 0.1) is 26.7 Å². The van der Waals surface area contributed by atoms with Crippen molar-refractivity contribution in [3.8, 4) is 0 Å². The summed E-state index contributed by atoms with van der Waals surface area (Å²) in [6, 6.07) is 20.7. The van der Waals surface area contributed by atoms with Crippen molar-refractivity contribution in [1.29, 1.82) is 0 Å². The molecule has 214 valence electrons. The summed E-state index contributed by atoms with van der Waals surface area (Å²) in [4.78, 5) is 29.1. The molecule has 0 aliphatic heterocycles. The highest BCUT2D eigenvalue weighted by molar-refractivity contribution is 7.92. The molecule has 2 amide bonds. The van der Waals surface area contributed by atoms with Crippen molar-refractivity contribution in [2.45, 2.75) is 65.4 Å². The second-order valence-corrected chi connectivity index (χ2v) is 12.6. The molecule has 1 N–H and O–H groups in total. The van der Waals surface area contributed by atoms with E-state index in [1.807, 2.05) is 77.9 Å². The standard InChI is InChI=1S/C32H41N3O4S/c1-7-29(32(37)33-20-23(2)3)34(21-27-13-11-12-24(4)18-27)31(36)22-35(30-19-25(5)16-17-26(30)6)40(38,39)28-14-9-8-10-15-28/h8-19,23,29H,7,20-22H2,1-6H3,(H,33,37)/t29-/m0/s1. The molecule has 0 radical (unpaired) electrons. The first kappa shape index (κ1) is 30.9. The van der Waals surface area contributed by atoms with E-state index >= 15 is 0 Å². The normalized spacial score (nSPS) is 12.2. The minimum absolute atomic E-state index is 0.0932. The largest absolute Gasteiger partial charge is 0.354 e. The van der Waals surface area contributed by atoms with Crippen molar-refractivity contribution in [3.63, 3.8) is 0 Å². The van der Waals surface area contributed by atoms with Crippen LogP contribution in [0.3, 0.4) is 0 Å². The molecule has 0 spiro atoms. The lowest BCUT2D eigenvalue weighted by atomic mass is 10.1. The van der Waals surface area contributed by atoms with Crippen LogP contribution in [0.4, 0.5) is 5.69 Å². The van der Waals surface area contributed by atoms with Crippen LogP contribution in [-0.4, -0.2) is 44.3 Å². The molecule has 0 bridgehead atoms. The maximum absolute atomic E-state index is 14.2. The Balaban J connectivity index is 2.08. The minimum Gasteiger partial charge on any atom is -0.354 e. The number of nitrogens with zero attached hydrogens (tertiary/aromatic N) is 2. The number of hydrogen-bond acceptors (Lipinski definition) is 4. The third kappa shape index (κ3) is 7.72. The van der Waals surface area contributed by atoms with Gasteiger partial charge < -0.3 is 10.2 Å². The van der Waals surface area contributed by atoms with Crippen LogP contribution in [-0.2, 0) is 26.2 Å². The van der Waals surface area contributed by atoms with Gasteiger partial charge >= 0.3 is 0 Å². The van der Waals surface area contributed by atoms with E-state index in [0.717, 1.165) is 22.3 Å². The van der Waals surface area contributed by atoms with Gasteiger partial charge in [-0.1, -0.05) is 80.9 Å². The number of amides is 2. The quantitative estimate of drug-likeness (QED) is 0.320. The van der Waals surface area contributed by atoms with E-state index in [-0.39, 0.29) is 23.3 Å². The summed E-state index contributed by atoms with van der Waals surface area (Å²) in [5.74, 6) is -0.451. The molecule has 0 aliphatic rings. The maximum Gasteiger partial charge on any atom is 0.264 e. The van der Waals surface area contributed by atoms with Crippen LogP contribution in [0.1, 0.15) is 49.4 Å². The molecule has 3 rings (SSSR count). The fraction of sp³-hybridized carbons (Fsp3) is 0.375. The van der Waals surface area contributed by atoms with E-state index in [1.54, 1.807) is 24.3 Å². The van der Waals surface area contributed by atoms with Crippen molar-refractivity contribution < 1.29 is 18.0 Å². The van der Waals surface area contributed by atoms with Crippen LogP contribution >= 0.6 is 0 Å². The fourth-order valence-corrected chi connectivity index (χ4v) is 6.06. The predicted molar refractivity (Wildman–Crippen MR) is 161 cm³/mol. The molecule has 1 atom stereocenters. The van der Waals surface area contributed by atoms with Gasteiger partial charge in [0.15, 0.2) is 0 Å². The van der Waals surface area contributed by atoms with Gasteiger partial charge in [-0.05, 0) is 68.0 Å². The summed E-state index contributed by atoms with van der Waals surface area (Å²) >= 11 is 0. The minimum atomic E-state index is -4.09. The molecule has 0 fully saturated rings. The average Bonchev–Trinajstić information content (AvgIpc) is 2.92. The molecule has 0 saturated carbocycles. The molecule has 0 aliphatic carbocycles. The average molecular weight is 564 g/mol. The Bertz CT molecular complexity index is 1420. The highest BCUT2D eigenvalue weighted by Gasteiger charge is 2.34. The van der Waals surface area contributed by atoms with Crippen LogP contribution in [0.15, 0.2) is 77.7 Å². The van der Waals surface area contributed by atoms with Crippen molar-refractivity contribution in [2.24, 2.45) is 5.92 Å². The smallest absolute Gasteiger partial charge is 0.264 e. The molecule has 0 unspecified atom stereocenters. The summed E-state index contributed by atoms with van der Waals surface area (Å²) < 4.78 is 29.1. The fourth-order valence-electron chi connectivity index (χ4n) is 4.57. The summed E-state index contributed by atoms with van der Waals surface area (Å²) in [6.07, 6.45) is 0.385. The highest BCUT2D eigenvalue weighted by Crippen LogP contribution is 2.28. The number of aryl methyl sites for hydroxylation is 3. The van der Waals surface area contributed by atoms with Crippen molar-refractivity contribution >= 4 is 27.5 Å². The number of nitrogens with one attached hydrogen (secondary N) is 1. The summed E-state index contributed by atoms with van der Waals surface area (Å²) in [5.41, 5.74) is 3.94. The Morgan fingerprint density at radius 3 is 2.17 bits per heavy atom. The third-order valence-corrected chi connectivity index (χ3v) is 8.52. The van der Waals surface area contributed by atoms with Gasteiger partial charge in [0.25, 0.3) is 10.0 Å². The first-order chi connectivity index (χ1) is 18.9. The third-order valence-electron chi connectivity index (χ3n) is 6.75. The Hall–Kier alpha value is -3.65. The Kier molecular flexibility index (Phi) is 10.5. The molecular weight excluding hydrogens is 522 g/mol. The van der Waals surface area contributed by atoms with Gasteiger partial charge in [-0.25, -0.2) is 8.42 Å². The molecule has 3 aromatic carbocycles. The van der Waals surface area contributed by atoms with Crippen molar-refractivity contribution in [3.05, 3.63) is 95.1 Å². The number of sulfonamides is 1. The summed E-state index contributed by atoms with van der Waals surface area (Å²) in [7, 11) is -4.09. The van der Waals surface area contributed by atoms with E-state index in [4.69, 9.17) is 0 Å². The lowest BCUT2D eigenvalue weighted by Gasteiger charge is -2.34. The first-order valence-corrected chi connectivity index (χ1v) is 15.2. The molecule has 3 aromatic rings. The Morgan fingerprint density at radius 1 is 0.875 bits per heavy atom. The zero-order valence-corrected chi connectivity index (χ0v) is 25.2. The van der Waals surface area contributed by atoms with Gasteiger partial charge in [0, 0.05) is 13.1 Å². The van der Waals surface area contributed by atoms with E-state index in [9.17, 15) is 18.0 Å². The Morgan fingerprint density at radius 2 is 1.55 bits per heavy atom. The second-order valence-electron chi connectivity index (χ2n) is 10.7. The number of carbonyl (C=O) groups is 2. The zero-order valence-electron chi connectivity index (χ0n) is 24.3. The lowest BCUT2D eigenvalue weighted by Crippen LogP contribution is -2.52. The molecule has 8 heteroatoms. The van der Waals surface area contributed by atoms with Gasteiger partial charge in [-0.2, -0.15) is 0 Å². The Labute approximate surface area is 239 Å². The van der Waals surface area contributed by atoms with Gasteiger partial charge in [-0.3, -0.25) is 13.9 Å². The van der Waals surface area contributed by atoms with Crippen LogP contribution in [0.25, 0.3) is 0 Å². The molecule has 40 heavy (non-hydrogen) atoms. The van der Waals surface area contributed by atoms with Gasteiger partial charge in [-0.15, -0.1) is 0 Å². The van der Waals surface area contributed by atoms with Gasteiger partial charge in [0.1, 0.15) is 12.6 Å². The number of rotatable bonds is 12. The highest BCUT2D eigenvalue weighted by atomic mass is 32.2. The predicted octanol–water partition coefficient (Wildman–Crippen LogP) is 5.39. The molecule has 0 saturated heterocycles. The van der Waals surface area contributed by atoms with Gasteiger partial charge in [0.2, 0.25) is 11.8 Å². The number of benzene rings is 3. The second kappa shape index (κ2) is 13.6. The maximum atomic E-state index is 14.2. The zero-order chi connectivity index (χ0) is 29.4. The summed E-state index contributed by atoms with van der Waals surface area (Å²) in [5, 5.41) is 2.96. The van der Waals surface area contributed by atoms with E-state index in [2.05, 4.69) is 5.32 Å². The van der Waals surface area contributed by atoms with Crippen molar-refractivity contribution in [2.75, 3.05) is 17.4 Å². The van der Waals surface area contributed by atoms with E-state index in [0.29, 0.717) is 18.7 Å². The lowest BCUT2D eigenvalue weighted by molar-refractivity contribution is -0.140. The van der Waals surface area contributed by atoms with Crippen LogP contribution in [0.2, 0.25) is 0 Å². The van der Waals surface area contributed by atoms with Gasteiger partial charge in [0.05, 0.1) is 10.6 Å². The van der Waals surface area contributed by atoms with Crippen LogP contribution < -0.4 is 9.62 Å². The number of hydrogen-bond donors (Lipinski definition) is 1. The first-order valence-electron chi connectivity index (χ1n) is 13.7. The molecule has 0 heterocycles. The summed E-state index contributed by atoms with van der Waals surface area (Å²) in [6.45, 7) is 11.8. The molecular formula is C32H41N3O4S. The van der Waals surface area contributed by atoms with Crippen molar-refractivity contribution in [1.82, 2.24) is 10.2 Å². The number of anilines is 1. The SMILES string of the molecule is CC[C@@H](C(=O)NCC(C)C)N(Cc1cccc(C)c1)C(=O)CN(c1cc(C)ccc1C)S(=O)(=O)c1ccccc1. The molecule has 0 aromatic heterocycles. The topological polar surface area (TPSA) is 86.8 Å².